The number of fused-ring (bicyclic) bond motifs is 1. The first-order valence-corrected chi connectivity index (χ1v) is 6.39. The number of nitrogens with one attached hydrogen (secondary N) is 1. The number of carbonyl (C=O) groups excluding carboxylic acids is 1. The molecule has 2 rings (SSSR count). The van der Waals surface area contributed by atoms with E-state index in [-0.39, 0.29) is 12.8 Å². The van der Waals surface area contributed by atoms with Crippen molar-refractivity contribution in [3.05, 3.63) is 29.6 Å². The summed E-state index contributed by atoms with van der Waals surface area (Å²) in [5.41, 5.74) is -0.510. The van der Waals surface area contributed by atoms with E-state index in [9.17, 15) is 14.7 Å². The molecule has 0 fully saturated rings. The Bertz CT molecular complexity index is 523. The summed E-state index contributed by atoms with van der Waals surface area (Å²) in [7, 11) is 0. The van der Waals surface area contributed by atoms with Crippen LogP contribution in [0, 0.1) is 0 Å². The molecular weight excluding hydrogens is 260 g/mol. The zero-order valence-corrected chi connectivity index (χ0v) is 11.8. The standard InChI is InChI=1S/C14H18N2O4/c1-13(2,3)20-12(19)16-14(11(17)18)7-9-5-4-6-15-10(9)8-14/h4-6H,7-8H2,1-3H3,(H,16,19)(H,17,18). The number of carboxylic acids is 1. The highest BCUT2D eigenvalue weighted by Crippen LogP contribution is 2.29. The fraction of sp³-hybridized carbons (Fsp3) is 0.500. The molecule has 0 aromatic carbocycles. The summed E-state index contributed by atoms with van der Waals surface area (Å²) >= 11 is 0. The number of carbonyl (C=O) groups is 2. The predicted octanol–water partition coefficient (Wildman–Crippen LogP) is 1.53. The Morgan fingerprint density at radius 3 is 2.65 bits per heavy atom. The van der Waals surface area contributed by atoms with E-state index in [1.807, 2.05) is 6.07 Å². The van der Waals surface area contributed by atoms with Gasteiger partial charge in [0, 0.05) is 24.7 Å². The third-order valence-corrected chi connectivity index (χ3v) is 3.10. The Morgan fingerprint density at radius 2 is 2.10 bits per heavy atom. The van der Waals surface area contributed by atoms with Gasteiger partial charge < -0.3 is 15.2 Å². The van der Waals surface area contributed by atoms with Crippen LogP contribution in [0.5, 0.6) is 0 Å². The fourth-order valence-corrected chi connectivity index (χ4v) is 2.26. The lowest BCUT2D eigenvalue weighted by Gasteiger charge is -2.27. The van der Waals surface area contributed by atoms with Gasteiger partial charge in [-0.15, -0.1) is 0 Å². The number of ether oxygens (including phenoxy) is 1. The smallest absolute Gasteiger partial charge is 0.408 e. The number of rotatable bonds is 2. The zero-order valence-electron chi connectivity index (χ0n) is 11.8. The van der Waals surface area contributed by atoms with Crippen molar-refractivity contribution in [3.8, 4) is 0 Å². The minimum absolute atomic E-state index is 0.164. The van der Waals surface area contributed by atoms with E-state index in [2.05, 4.69) is 10.3 Å². The van der Waals surface area contributed by atoms with E-state index in [1.54, 1.807) is 33.0 Å². The van der Waals surface area contributed by atoms with Crippen LogP contribution in [-0.4, -0.2) is 33.3 Å². The maximum absolute atomic E-state index is 11.9. The van der Waals surface area contributed by atoms with Crippen molar-refractivity contribution in [2.45, 2.75) is 44.8 Å². The number of amides is 1. The monoisotopic (exact) mass is 278 g/mol. The lowest BCUT2D eigenvalue weighted by molar-refractivity contribution is -0.144. The van der Waals surface area contributed by atoms with Crippen LogP contribution in [0.1, 0.15) is 32.0 Å². The molecule has 0 spiro atoms. The van der Waals surface area contributed by atoms with Crippen molar-refractivity contribution in [3.63, 3.8) is 0 Å². The van der Waals surface area contributed by atoms with E-state index in [1.165, 1.54) is 0 Å². The second-order valence-corrected chi connectivity index (χ2v) is 5.98. The summed E-state index contributed by atoms with van der Waals surface area (Å²) in [5, 5.41) is 12.0. The van der Waals surface area contributed by atoms with E-state index in [4.69, 9.17) is 4.74 Å². The van der Waals surface area contributed by atoms with Gasteiger partial charge in [-0.05, 0) is 32.4 Å². The number of pyridine rings is 1. The van der Waals surface area contributed by atoms with Gasteiger partial charge in [0.15, 0.2) is 0 Å². The first-order chi connectivity index (χ1) is 9.22. The molecule has 6 heteroatoms. The number of alkyl carbamates (subject to hydrolysis) is 1. The number of aliphatic carboxylic acids is 1. The molecule has 20 heavy (non-hydrogen) atoms. The largest absolute Gasteiger partial charge is 0.479 e. The van der Waals surface area contributed by atoms with Gasteiger partial charge in [0.1, 0.15) is 11.1 Å². The molecule has 2 N–H and O–H groups in total. The molecule has 0 bridgehead atoms. The van der Waals surface area contributed by atoms with Crippen LogP contribution in [0.2, 0.25) is 0 Å². The number of carboxylic acid groups (broad SMARTS) is 1. The molecule has 1 aliphatic carbocycles. The molecule has 108 valence electrons. The Balaban J connectivity index is 2.18. The molecule has 1 aromatic rings. The van der Waals surface area contributed by atoms with Crippen molar-refractivity contribution in [1.29, 1.82) is 0 Å². The van der Waals surface area contributed by atoms with Crippen molar-refractivity contribution < 1.29 is 19.4 Å². The van der Waals surface area contributed by atoms with E-state index in [0.717, 1.165) is 5.56 Å². The molecule has 0 saturated heterocycles. The van der Waals surface area contributed by atoms with Gasteiger partial charge >= 0.3 is 12.1 Å². The molecule has 1 amide bonds. The highest BCUT2D eigenvalue weighted by Gasteiger charge is 2.46. The molecule has 0 radical (unpaired) electrons. The Labute approximate surface area is 117 Å². The van der Waals surface area contributed by atoms with Crippen LogP contribution in [-0.2, 0) is 22.4 Å². The second-order valence-electron chi connectivity index (χ2n) is 5.98. The van der Waals surface area contributed by atoms with Crippen LogP contribution in [0.3, 0.4) is 0 Å². The summed E-state index contributed by atoms with van der Waals surface area (Å²) in [6.07, 6.45) is 1.26. The maximum atomic E-state index is 11.9. The zero-order chi connectivity index (χ0) is 15.0. The highest BCUT2D eigenvalue weighted by molar-refractivity contribution is 5.86. The highest BCUT2D eigenvalue weighted by atomic mass is 16.6. The van der Waals surface area contributed by atoms with Crippen molar-refractivity contribution >= 4 is 12.1 Å². The minimum atomic E-state index is -1.38. The van der Waals surface area contributed by atoms with Gasteiger partial charge in [-0.2, -0.15) is 0 Å². The van der Waals surface area contributed by atoms with Crippen molar-refractivity contribution in [2.24, 2.45) is 0 Å². The number of hydrogen-bond donors (Lipinski definition) is 2. The van der Waals surface area contributed by atoms with Crippen LogP contribution in [0.4, 0.5) is 4.79 Å². The molecule has 0 saturated carbocycles. The topological polar surface area (TPSA) is 88.5 Å². The van der Waals surface area contributed by atoms with E-state index >= 15 is 0 Å². The van der Waals surface area contributed by atoms with Crippen molar-refractivity contribution in [2.75, 3.05) is 0 Å². The summed E-state index contributed by atoms with van der Waals surface area (Å²) in [6, 6.07) is 3.58. The van der Waals surface area contributed by atoms with Crippen LogP contribution >= 0.6 is 0 Å². The predicted molar refractivity (Wildman–Crippen MR) is 71.4 cm³/mol. The van der Waals surface area contributed by atoms with Gasteiger partial charge in [-0.1, -0.05) is 6.07 Å². The number of aromatic nitrogens is 1. The lowest BCUT2D eigenvalue weighted by Crippen LogP contribution is -2.56. The first kappa shape index (κ1) is 14.3. The Hall–Kier alpha value is -2.11. The quantitative estimate of drug-likeness (QED) is 0.856. The third kappa shape index (κ3) is 2.89. The fourth-order valence-electron chi connectivity index (χ4n) is 2.26. The third-order valence-electron chi connectivity index (χ3n) is 3.10. The molecule has 1 aliphatic rings. The number of hydrogen-bond acceptors (Lipinski definition) is 4. The van der Waals surface area contributed by atoms with E-state index < -0.39 is 23.2 Å². The van der Waals surface area contributed by atoms with Crippen molar-refractivity contribution in [1.82, 2.24) is 10.3 Å². The second kappa shape index (κ2) is 4.77. The molecule has 1 heterocycles. The minimum Gasteiger partial charge on any atom is -0.479 e. The van der Waals surface area contributed by atoms with Gasteiger partial charge in [-0.25, -0.2) is 9.59 Å². The molecule has 6 nitrogen and oxygen atoms in total. The van der Waals surface area contributed by atoms with Gasteiger partial charge in [0.2, 0.25) is 0 Å². The average molecular weight is 278 g/mol. The summed E-state index contributed by atoms with van der Waals surface area (Å²) in [5.74, 6) is -1.08. The summed E-state index contributed by atoms with van der Waals surface area (Å²) < 4.78 is 5.14. The summed E-state index contributed by atoms with van der Waals surface area (Å²) in [6.45, 7) is 5.18. The Kier molecular flexibility index (Phi) is 3.41. The van der Waals surface area contributed by atoms with Crippen LogP contribution in [0.15, 0.2) is 18.3 Å². The number of nitrogens with zero attached hydrogens (tertiary/aromatic N) is 1. The molecule has 0 aliphatic heterocycles. The molecule has 1 atom stereocenters. The van der Waals surface area contributed by atoms with Gasteiger partial charge in [0.25, 0.3) is 0 Å². The SMILES string of the molecule is CC(C)(C)OC(=O)NC1(C(=O)O)Cc2cccnc2C1. The molecule has 1 unspecified atom stereocenters. The first-order valence-electron chi connectivity index (χ1n) is 6.39. The molecular formula is C14H18N2O4. The average Bonchev–Trinajstić information content (AvgIpc) is 2.65. The maximum Gasteiger partial charge on any atom is 0.408 e. The van der Waals surface area contributed by atoms with Crippen LogP contribution in [0.25, 0.3) is 0 Å². The Morgan fingerprint density at radius 1 is 1.40 bits per heavy atom. The van der Waals surface area contributed by atoms with E-state index in [0.29, 0.717) is 5.69 Å². The van der Waals surface area contributed by atoms with Gasteiger partial charge in [0.05, 0.1) is 0 Å². The molecule has 1 aromatic heterocycles. The van der Waals surface area contributed by atoms with Crippen LogP contribution < -0.4 is 5.32 Å². The lowest BCUT2D eigenvalue weighted by atomic mass is 9.96. The normalized spacial score (nSPS) is 21.1. The summed E-state index contributed by atoms with van der Waals surface area (Å²) in [4.78, 5) is 27.6. The van der Waals surface area contributed by atoms with Gasteiger partial charge in [-0.3, -0.25) is 4.98 Å².